The molecule has 2 heterocycles. The molecule has 0 saturated carbocycles. The molecule has 5 heteroatoms. The number of hydrogen-bond donors (Lipinski definition) is 1. The maximum absolute atomic E-state index is 9.00. The van der Waals surface area contributed by atoms with E-state index in [1.807, 2.05) is 0 Å². The van der Waals surface area contributed by atoms with Gasteiger partial charge >= 0.3 is 0 Å². The molecule has 0 radical (unpaired) electrons. The quantitative estimate of drug-likeness (QED) is 0.866. The number of likely N-dealkylation sites (tertiary alicyclic amines) is 1. The third kappa shape index (κ3) is 3.53. The van der Waals surface area contributed by atoms with Gasteiger partial charge in [-0.05, 0) is 31.7 Å². The first kappa shape index (κ1) is 13.5. The highest BCUT2D eigenvalue weighted by Gasteiger charge is 2.21. The van der Waals surface area contributed by atoms with Crippen molar-refractivity contribution in [2.75, 3.05) is 19.7 Å². The number of aliphatic hydroxyl groups excluding tert-OH is 1. The van der Waals surface area contributed by atoms with Crippen LogP contribution in [0, 0.1) is 5.92 Å². The molecule has 1 saturated heterocycles. The molecule has 0 aliphatic carbocycles. The Balaban J connectivity index is 1.87. The lowest BCUT2D eigenvalue weighted by Gasteiger charge is -2.31. The molecule has 1 aromatic heterocycles. The minimum absolute atomic E-state index is 0.287. The fraction of sp³-hybridized carbons (Fsp3) is 0.846. The SMILES string of the molecule is CC(C)c1nc(CN2CCCC(CCO)C2)no1. The summed E-state index contributed by atoms with van der Waals surface area (Å²) in [7, 11) is 0. The lowest BCUT2D eigenvalue weighted by molar-refractivity contribution is 0.139. The fourth-order valence-electron chi connectivity index (χ4n) is 2.48. The minimum atomic E-state index is 0.287. The van der Waals surface area contributed by atoms with Crippen molar-refractivity contribution < 1.29 is 9.63 Å². The molecule has 102 valence electrons. The van der Waals surface area contributed by atoms with E-state index in [2.05, 4.69) is 28.9 Å². The van der Waals surface area contributed by atoms with Crippen LogP contribution in [0.15, 0.2) is 4.52 Å². The second-order valence-electron chi connectivity index (χ2n) is 5.46. The van der Waals surface area contributed by atoms with Gasteiger partial charge in [-0.1, -0.05) is 19.0 Å². The Bertz CT molecular complexity index is 363. The van der Waals surface area contributed by atoms with Crippen molar-refractivity contribution >= 4 is 0 Å². The van der Waals surface area contributed by atoms with Gasteiger partial charge in [-0.2, -0.15) is 4.98 Å². The Kier molecular flexibility index (Phi) is 4.72. The first-order valence-electron chi connectivity index (χ1n) is 6.84. The lowest BCUT2D eigenvalue weighted by Crippen LogP contribution is -2.35. The van der Waals surface area contributed by atoms with Crippen LogP contribution >= 0.6 is 0 Å². The minimum Gasteiger partial charge on any atom is -0.396 e. The Morgan fingerprint density at radius 3 is 3.00 bits per heavy atom. The van der Waals surface area contributed by atoms with Crippen molar-refractivity contribution in [3.05, 3.63) is 11.7 Å². The van der Waals surface area contributed by atoms with E-state index in [1.54, 1.807) is 0 Å². The Hall–Kier alpha value is -0.940. The largest absolute Gasteiger partial charge is 0.396 e. The summed E-state index contributed by atoms with van der Waals surface area (Å²) in [5, 5.41) is 13.0. The smallest absolute Gasteiger partial charge is 0.229 e. The maximum Gasteiger partial charge on any atom is 0.229 e. The Morgan fingerprint density at radius 1 is 1.50 bits per heavy atom. The van der Waals surface area contributed by atoms with Gasteiger partial charge in [0.1, 0.15) is 0 Å². The molecule has 0 spiro atoms. The van der Waals surface area contributed by atoms with E-state index in [0.29, 0.717) is 11.8 Å². The van der Waals surface area contributed by atoms with Crippen molar-refractivity contribution in [3.8, 4) is 0 Å². The summed E-state index contributed by atoms with van der Waals surface area (Å²) in [5.41, 5.74) is 0. The van der Waals surface area contributed by atoms with E-state index in [9.17, 15) is 0 Å². The number of hydrogen-bond acceptors (Lipinski definition) is 5. The normalized spacial score (nSPS) is 21.7. The Labute approximate surface area is 108 Å². The number of nitrogens with zero attached hydrogens (tertiary/aromatic N) is 3. The van der Waals surface area contributed by atoms with E-state index in [1.165, 1.54) is 12.8 Å². The molecule has 18 heavy (non-hydrogen) atoms. The molecule has 0 bridgehead atoms. The monoisotopic (exact) mass is 253 g/mol. The number of rotatable bonds is 5. The summed E-state index contributed by atoms with van der Waals surface area (Å²) in [6.45, 7) is 7.28. The van der Waals surface area contributed by atoms with Crippen LogP contribution < -0.4 is 0 Å². The predicted octanol–water partition coefficient (Wildman–Crippen LogP) is 1.79. The average molecular weight is 253 g/mol. The van der Waals surface area contributed by atoms with Crippen molar-refractivity contribution in [1.82, 2.24) is 15.0 Å². The molecule has 1 fully saturated rings. The van der Waals surface area contributed by atoms with E-state index >= 15 is 0 Å². The molecule has 1 aromatic rings. The average Bonchev–Trinajstić information content (AvgIpc) is 2.78. The van der Waals surface area contributed by atoms with Crippen LogP contribution in [0.5, 0.6) is 0 Å². The first-order chi connectivity index (χ1) is 8.69. The Morgan fingerprint density at radius 2 is 2.33 bits per heavy atom. The molecule has 0 amide bonds. The number of piperidine rings is 1. The summed E-state index contributed by atoms with van der Waals surface area (Å²) in [5.74, 6) is 2.40. The van der Waals surface area contributed by atoms with E-state index in [4.69, 9.17) is 9.63 Å². The highest BCUT2D eigenvalue weighted by molar-refractivity contribution is 4.91. The van der Waals surface area contributed by atoms with Crippen LogP contribution in [0.25, 0.3) is 0 Å². The lowest BCUT2D eigenvalue weighted by atomic mass is 9.95. The highest BCUT2D eigenvalue weighted by atomic mass is 16.5. The first-order valence-corrected chi connectivity index (χ1v) is 6.84. The zero-order chi connectivity index (χ0) is 13.0. The summed E-state index contributed by atoms with van der Waals surface area (Å²) in [4.78, 5) is 6.77. The predicted molar refractivity (Wildman–Crippen MR) is 68.1 cm³/mol. The fourth-order valence-corrected chi connectivity index (χ4v) is 2.48. The van der Waals surface area contributed by atoms with Crippen LogP contribution in [-0.2, 0) is 6.54 Å². The maximum atomic E-state index is 9.00. The third-order valence-electron chi connectivity index (χ3n) is 3.48. The van der Waals surface area contributed by atoms with Gasteiger partial charge in [-0.25, -0.2) is 0 Å². The zero-order valence-corrected chi connectivity index (χ0v) is 11.3. The van der Waals surface area contributed by atoms with Crippen LogP contribution in [0.2, 0.25) is 0 Å². The molecular formula is C13H23N3O2. The van der Waals surface area contributed by atoms with E-state index in [0.717, 1.165) is 31.9 Å². The molecule has 5 nitrogen and oxygen atoms in total. The number of aliphatic hydroxyl groups is 1. The van der Waals surface area contributed by atoms with E-state index in [-0.39, 0.29) is 12.5 Å². The zero-order valence-electron chi connectivity index (χ0n) is 11.3. The second kappa shape index (κ2) is 6.29. The molecular weight excluding hydrogens is 230 g/mol. The molecule has 1 aliphatic rings. The van der Waals surface area contributed by atoms with Crippen molar-refractivity contribution in [1.29, 1.82) is 0 Å². The molecule has 1 N–H and O–H groups in total. The van der Waals surface area contributed by atoms with Gasteiger partial charge in [0.25, 0.3) is 0 Å². The van der Waals surface area contributed by atoms with Gasteiger partial charge in [-0.3, -0.25) is 4.90 Å². The van der Waals surface area contributed by atoms with Gasteiger partial charge in [-0.15, -0.1) is 0 Å². The topological polar surface area (TPSA) is 62.4 Å². The second-order valence-corrected chi connectivity index (χ2v) is 5.46. The van der Waals surface area contributed by atoms with Crippen molar-refractivity contribution in [3.63, 3.8) is 0 Å². The van der Waals surface area contributed by atoms with Crippen molar-refractivity contribution in [2.45, 2.75) is 45.6 Å². The molecule has 0 aromatic carbocycles. The molecule has 1 unspecified atom stereocenters. The van der Waals surface area contributed by atoms with Gasteiger partial charge in [0, 0.05) is 19.1 Å². The summed E-state index contributed by atoms with van der Waals surface area (Å²) >= 11 is 0. The van der Waals surface area contributed by atoms with Crippen LogP contribution in [0.4, 0.5) is 0 Å². The molecule has 2 rings (SSSR count). The number of aromatic nitrogens is 2. The highest BCUT2D eigenvalue weighted by Crippen LogP contribution is 2.20. The van der Waals surface area contributed by atoms with Crippen LogP contribution in [0.1, 0.15) is 50.7 Å². The third-order valence-corrected chi connectivity index (χ3v) is 3.48. The van der Waals surface area contributed by atoms with Gasteiger partial charge in [0.15, 0.2) is 5.82 Å². The summed E-state index contributed by atoms with van der Waals surface area (Å²) < 4.78 is 5.21. The molecule has 1 atom stereocenters. The summed E-state index contributed by atoms with van der Waals surface area (Å²) in [6, 6.07) is 0. The van der Waals surface area contributed by atoms with Gasteiger partial charge < -0.3 is 9.63 Å². The standard InChI is InChI=1S/C13H23N3O2/c1-10(2)13-14-12(15-18-13)9-16-6-3-4-11(8-16)5-7-17/h10-11,17H,3-9H2,1-2H3. The van der Waals surface area contributed by atoms with Gasteiger partial charge in [0.05, 0.1) is 6.54 Å². The van der Waals surface area contributed by atoms with Gasteiger partial charge in [0.2, 0.25) is 5.89 Å². The molecule has 1 aliphatic heterocycles. The van der Waals surface area contributed by atoms with Crippen LogP contribution in [-0.4, -0.2) is 39.8 Å². The van der Waals surface area contributed by atoms with Crippen molar-refractivity contribution in [2.24, 2.45) is 5.92 Å². The summed E-state index contributed by atoms with van der Waals surface area (Å²) in [6.07, 6.45) is 3.32. The van der Waals surface area contributed by atoms with E-state index < -0.39 is 0 Å². The van der Waals surface area contributed by atoms with Crippen LogP contribution in [0.3, 0.4) is 0 Å².